The standard InChI is InChI=1S/C14H22N2/c1-10(2)16-7-6-13-8-12(11(3)9-15)4-5-14(13)16/h4-5,8,10-11H,6-7,9,15H2,1-3H3. The summed E-state index contributed by atoms with van der Waals surface area (Å²) in [6, 6.07) is 7.44. The van der Waals surface area contributed by atoms with Crippen molar-refractivity contribution in [3.05, 3.63) is 29.3 Å². The number of rotatable bonds is 3. The van der Waals surface area contributed by atoms with E-state index in [-0.39, 0.29) is 0 Å². The third-order valence-corrected chi connectivity index (χ3v) is 3.58. The highest BCUT2D eigenvalue weighted by Gasteiger charge is 2.21. The van der Waals surface area contributed by atoms with Gasteiger partial charge in [-0.2, -0.15) is 0 Å². The molecule has 2 heteroatoms. The molecule has 2 rings (SSSR count). The highest BCUT2D eigenvalue weighted by molar-refractivity contribution is 5.60. The topological polar surface area (TPSA) is 29.3 Å². The number of anilines is 1. The van der Waals surface area contributed by atoms with Crippen LogP contribution in [0.2, 0.25) is 0 Å². The fourth-order valence-corrected chi connectivity index (χ4v) is 2.43. The van der Waals surface area contributed by atoms with Crippen molar-refractivity contribution in [1.29, 1.82) is 0 Å². The van der Waals surface area contributed by atoms with Crippen LogP contribution >= 0.6 is 0 Å². The van der Waals surface area contributed by atoms with Crippen LogP contribution in [0.1, 0.15) is 37.8 Å². The molecule has 1 heterocycles. The number of nitrogens with two attached hydrogens (primary N) is 1. The molecule has 16 heavy (non-hydrogen) atoms. The van der Waals surface area contributed by atoms with Crippen LogP contribution < -0.4 is 10.6 Å². The lowest BCUT2D eigenvalue weighted by Crippen LogP contribution is -2.28. The van der Waals surface area contributed by atoms with Crippen molar-refractivity contribution in [3.63, 3.8) is 0 Å². The Labute approximate surface area is 98.4 Å². The van der Waals surface area contributed by atoms with Crippen LogP contribution in [0.3, 0.4) is 0 Å². The molecular formula is C14H22N2. The highest BCUT2D eigenvalue weighted by atomic mass is 15.2. The summed E-state index contributed by atoms with van der Waals surface area (Å²) in [7, 11) is 0. The second-order valence-electron chi connectivity index (χ2n) is 5.06. The Bertz CT molecular complexity index is 371. The van der Waals surface area contributed by atoms with Gasteiger partial charge in [0.05, 0.1) is 0 Å². The molecule has 2 nitrogen and oxygen atoms in total. The van der Waals surface area contributed by atoms with E-state index in [0.717, 1.165) is 13.1 Å². The van der Waals surface area contributed by atoms with Gasteiger partial charge in [0.2, 0.25) is 0 Å². The van der Waals surface area contributed by atoms with Crippen LogP contribution in [0.15, 0.2) is 18.2 Å². The third-order valence-electron chi connectivity index (χ3n) is 3.58. The SMILES string of the molecule is CC(CN)c1ccc2c(c1)CCN2C(C)C. The average molecular weight is 218 g/mol. The summed E-state index contributed by atoms with van der Waals surface area (Å²) in [5, 5.41) is 0. The van der Waals surface area contributed by atoms with Crippen molar-refractivity contribution < 1.29 is 0 Å². The molecule has 2 N–H and O–H groups in total. The fourth-order valence-electron chi connectivity index (χ4n) is 2.43. The van der Waals surface area contributed by atoms with Crippen LogP contribution in [0.25, 0.3) is 0 Å². The monoisotopic (exact) mass is 218 g/mol. The van der Waals surface area contributed by atoms with Gasteiger partial charge in [0.1, 0.15) is 0 Å². The molecule has 0 bridgehead atoms. The van der Waals surface area contributed by atoms with E-state index in [0.29, 0.717) is 12.0 Å². The molecule has 0 saturated carbocycles. The molecule has 0 saturated heterocycles. The lowest BCUT2D eigenvalue weighted by molar-refractivity contribution is 0.710. The van der Waals surface area contributed by atoms with Gasteiger partial charge in [-0.05, 0) is 49.9 Å². The molecule has 1 unspecified atom stereocenters. The van der Waals surface area contributed by atoms with Gasteiger partial charge in [0.25, 0.3) is 0 Å². The zero-order valence-electron chi connectivity index (χ0n) is 10.5. The maximum absolute atomic E-state index is 5.71. The van der Waals surface area contributed by atoms with E-state index in [1.165, 1.54) is 23.2 Å². The molecule has 0 amide bonds. The summed E-state index contributed by atoms with van der Waals surface area (Å²) in [6.07, 6.45) is 1.18. The summed E-state index contributed by atoms with van der Waals surface area (Å²) < 4.78 is 0. The number of benzene rings is 1. The largest absolute Gasteiger partial charge is 0.369 e. The molecule has 0 spiro atoms. The van der Waals surface area contributed by atoms with Crippen molar-refractivity contribution >= 4 is 5.69 Å². The first-order valence-corrected chi connectivity index (χ1v) is 6.23. The van der Waals surface area contributed by atoms with Crippen molar-refractivity contribution in [3.8, 4) is 0 Å². The average Bonchev–Trinajstić information content (AvgIpc) is 2.70. The molecule has 0 aromatic heterocycles. The Balaban J connectivity index is 2.29. The molecule has 0 aliphatic carbocycles. The zero-order valence-corrected chi connectivity index (χ0v) is 10.5. The van der Waals surface area contributed by atoms with Crippen molar-refractivity contribution in [1.82, 2.24) is 0 Å². The van der Waals surface area contributed by atoms with E-state index in [1.54, 1.807) is 0 Å². The predicted octanol–water partition coefficient (Wildman–Crippen LogP) is 2.52. The van der Waals surface area contributed by atoms with Gasteiger partial charge in [-0.25, -0.2) is 0 Å². The van der Waals surface area contributed by atoms with Gasteiger partial charge in [-0.15, -0.1) is 0 Å². The first kappa shape index (κ1) is 11.5. The smallest absolute Gasteiger partial charge is 0.0402 e. The van der Waals surface area contributed by atoms with E-state index in [9.17, 15) is 0 Å². The predicted molar refractivity (Wildman–Crippen MR) is 70.1 cm³/mol. The Hall–Kier alpha value is -1.02. The van der Waals surface area contributed by atoms with Crippen molar-refractivity contribution in [2.24, 2.45) is 5.73 Å². The van der Waals surface area contributed by atoms with Crippen LogP contribution in [-0.4, -0.2) is 19.1 Å². The van der Waals surface area contributed by atoms with Gasteiger partial charge in [0.15, 0.2) is 0 Å². The van der Waals surface area contributed by atoms with Crippen LogP contribution in [-0.2, 0) is 6.42 Å². The van der Waals surface area contributed by atoms with Gasteiger partial charge < -0.3 is 10.6 Å². The molecule has 0 radical (unpaired) electrons. The van der Waals surface area contributed by atoms with Crippen molar-refractivity contribution in [2.45, 2.75) is 39.2 Å². The Morgan fingerprint density at radius 3 is 2.69 bits per heavy atom. The van der Waals surface area contributed by atoms with Crippen LogP contribution in [0.5, 0.6) is 0 Å². The molecule has 1 aromatic rings. The Morgan fingerprint density at radius 1 is 1.31 bits per heavy atom. The first-order valence-electron chi connectivity index (χ1n) is 6.23. The maximum Gasteiger partial charge on any atom is 0.0402 e. The van der Waals surface area contributed by atoms with Crippen LogP contribution in [0.4, 0.5) is 5.69 Å². The number of fused-ring (bicyclic) bond motifs is 1. The maximum atomic E-state index is 5.71. The van der Waals surface area contributed by atoms with E-state index < -0.39 is 0 Å². The van der Waals surface area contributed by atoms with E-state index in [1.807, 2.05) is 0 Å². The van der Waals surface area contributed by atoms with Crippen LogP contribution in [0, 0.1) is 0 Å². The third kappa shape index (κ3) is 1.94. The number of nitrogens with zero attached hydrogens (tertiary/aromatic N) is 1. The minimum absolute atomic E-state index is 0.471. The lowest BCUT2D eigenvalue weighted by Gasteiger charge is -2.24. The van der Waals surface area contributed by atoms with Gasteiger partial charge >= 0.3 is 0 Å². The molecular weight excluding hydrogens is 196 g/mol. The van der Waals surface area contributed by atoms with Crippen molar-refractivity contribution in [2.75, 3.05) is 18.0 Å². The summed E-state index contributed by atoms with van der Waals surface area (Å²) >= 11 is 0. The molecule has 1 aliphatic rings. The summed E-state index contributed by atoms with van der Waals surface area (Å²) in [5.74, 6) is 0.471. The normalized spacial score (nSPS) is 16.7. The fraction of sp³-hybridized carbons (Fsp3) is 0.571. The second kappa shape index (κ2) is 4.46. The molecule has 0 fully saturated rings. The van der Waals surface area contributed by atoms with Gasteiger partial charge in [-0.3, -0.25) is 0 Å². The minimum Gasteiger partial charge on any atom is -0.369 e. The van der Waals surface area contributed by atoms with Gasteiger partial charge in [-0.1, -0.05) is 19.1 Å². The number of hydrogen-bond acceptors (Lipinski definition) is 2. The quantitative estimate of drug-likeness (QED) is 0.844. The molecule has 1 aromatic carbocycles. The lowest BCUT2D eigenvalue weighted by atomic mass is 9.98. The summed E-state index contributed by atoms with van der Waals surface area (Å²) in [6.45, 7) is 8.59. The Morgan fingerprint density at radius 2 is 2.06 bits per heavy atom. The highest BCUT2D eigenvalue weighted by Crippen LogP contribution is 2.31. The zero-order chi connectivity index (χ0) is 11.7. The second-order valence-corrected chi connectivity index (χ2v) is 5.06. The van der Waals surface area contributed by atoms with E-state index in [4.69, 9.17) is 5.73 Å². The number of hydrogen-bond donors (Lipinski definition) is 1. The Kier molecular flexibility index (Phi) is 3.20. The van der Waals surface area contributed by atoms with E-state index >= 15 is 0 Å². The molecule has 1 aliphatic heterocycles. The van der Waals surface area contributed by atoms with E-state index in [2.05, 4.69) is 43.9 Å². The summed E-state index contributed by atoms with van der Waals surface area (Å²) in [4.78, 5) is 2.48. The minimum atomic E-state index is 0.471. The first-order chi connectivity index (χ1) is 7.63. The molecule has 1 atom stereocenters. The molecule has 88 valence electrons. The van der Waals surface area contributed by atoms with Gasteiger partial charge in [0, 0.05) is 18.3 Å². The summed E-state index contributed by atoms with van der Waals surface area (Å²) in [5.41, 5.74) is 10.0.